The number of nitro groups is 1. The Hall–Kier alpha value is -4.70. The predicted octanol–water partition coefficient (Wildman–Crippen LogP) is 5.49. The van der Waals surface area contributed by atoms with Crippen molar-refractivity contribution >= 4 is 46.1 Å². The summed E-state index contributed by atoms with van der Waals surface area (Å²) in [5.74, 6) is 0.479. The molecule has 2 aliphatic heterocycles. The summed E-state index contributed by atoms with van der Waals surface area (Å²) in [4.78, 5) is 29.0. The molecule has 0 atom stereocenters. The Kier molecular flexibility index (Phi) is 6.57. The zero-order valence-corrected chi connectivity index (χ0v) is 20.4. The molecule has 0 unspecified atom stereocenters. The second-order valence-corrected chi connectivity index (χ2v) is 8.89. The topological polar surface area (TPSA) is 118 Å². The van der Waals surface area contributed by atoms with Crippen LogP contribution < -0.4 is 9.47 Å². The van der Waals surface area contributed by atoms with Crippen molar-refractivity contribution < 1.29 is 19.2 Å². The number of non-ortho nitro benzene ring substituents is 1. The molecule has 0 saturated carbocycles. The molecule has 37 heavy (non-hydrogen) atoms. The number of carbonyl (C=O) groups is 1. The first-order valence-electron chi connectivity index (χ1n) is 11.1. The van der Waals surface area contributed by atoms with E-state index in [0.29, 0.717) is 22.2 Å². The summed E-state index contributed by atoms with van der Waals surface area (Å²) >= 11 is 1.31. The van der Waals surface area contributed by atoms with Crippen molar-refractivity contribution in [2.45, 2.75) is 6.61 Å². The average Bonchev–Trinajstić information content (AvgIpc) is 3.34. The lowest BCUT2D eigenvalue weighted by molar-refractivity contribution is -0.384. The Labute approximate surface area is 216 Å². The number of nitrogens with one attached hydrogen (secondary N) is 1. The number of hydrogen-bond acceptors (Lipinski definition) is 7. The molecule has 3 aromatic carbocycles. The Morgan fingerprint density at radius 1 is 1.08 bits per heavy atom. The number of methoxy groups -OCH3 is 1. The predicted molar refractivity (Wildman–Crippen MR) is 142 cm³/mol. The van der Waals surface area contributed by atoms with Crippen molar-refractivity contribution in [3.63, 3.8) is 0 Å². The number of fused-ring (bicyclic) bond motifs is 1. The smallest absolute Gasteiger partial charge is 0.283 e. The third-order valence-electron chi connectivity index (χ3n) is 5.72. The van der Waals surface area contributed by atoms with Gasteiger partial charge < -0.3 is 9.47 Å². The van der Waals surface area contributed by atoms with Crippen LogP contribution in [0, 0.1) is 15.5 Å². The molecule has 0 bridgehead atoms. The molecule has 3 aromatic rings. The van der Waals surface area contributed by atoms with Gasteiger partial charge in [-0.25, -0.2) is 0 Å². The maximum absolute atomic E-state index is 12.8. The largest absolute Gasteiger partial charge is 0.493 e. The molecule has 9 nitrogen and oxygen atoms in total. The molecule has 0 fully saturated rings. The highest BCUT2D eigenvalue weighted by Crippen LogP contribution is 2.38. The number of amides is 1. The number of nitro benzene ring substituents is 1. The van der Waals surface area contributed by atoms with Crippen LogP contribution in [0.1, 0.15) is 16.7 Å². The molecule has 2 heterocycles. The van der Waals surface area contributed by atoms with Gasteiger partial charge in [0.15, 0.2) is 16.7 Å². The number of carbonyl (C=O) groups excluding carboxylic acids is 1. The van der Waals surface area contributed by atoms with E-state index >= 15 is 0 Å². The zero-order chi connectivity index (χ0) is 25.9. The first-order valence-corrected chi connectivity index (χ1v) is 12.0. The third kappa shape index (κ3) is 4.87. The fraction of sp³-hybridized carbons (Fsp3) is 0.0741. The summed E-state index contributed by atoms with van der Waals surface area (Å²) in [6.45, 7) is 0.191. The van der Waals surface area contributed by atoms with E-state index in [4.69, 9.17) is 14.9 Å². The van der Waals surface area contributed by atoms with E-state index in [1.165, 1.54) is 31.0 Å². The van der Waals surface area contributed by atoms with Crippen LogP contribution in [0.5, 0.6) is 11.5 Å². The van der Waals surface area contributed by atoms with Gasteiger partial charge >= 0.3 is 0 Å². The summed E-state index contributed by atoms with van der Waals surface area (Å²) in [5, 5.41) is 22.0. The van der Waals surface area contributed by atoms with Gasteiger partial charge in [-0.2, -0.15) is 4.99 Å². The van der Waals surface area contributed by atoms with Crippen LogP contribution in [-0.4, -0.2) is 33.8 Å². The fourth-order valence-corrected chi connectivity index (χ4v) is 4.74. The molecule has 5 rings (SSSR count). The maximum Gasteiger partial charge on any atom is 0.283 e. The van der Waals surface area contributed by atoms with E-state index in [9.17, 15) is 14.9 Å². The SMILES string of the molecule is COc1cc(/C=C2/C(=N)N3C(c4ccccc4)=CSC3=NC2=O)ccc1OCc1ccc([N+](=O)[O-])cc1. The molecule has 0 aromatic heterocycles. The highest BCUT2D eigenvalue weighted by Gasteiger charge is 2.36. The standard InChI is InChI=1S/C27H20N4O5S/c1-35-24-14-18(9-12-23(24)36-15-17-7-10-20(11-8-17)31(33)34)13-21-25(28)30-22(19-5-3-2-4-6-19)16-37-27(30)29-26(21)32/h2-14,16,28H,15H2,1H3/b21-13-,28-25?. The molecule has 2 aliphatic rings. The Bertz CT molecular complexity index is 1500. The van der Waals surface area contributed by atoms with E-state index in [-0.39, 0.29) is 23.7 Å². The Balaban J connectivity index is 1.37. The van der Waals surface area contributed by atoms with Gasteiger partial charge in [0.1, 0.15) is 12.4 Å². The van der Waals surface area contributed by atoms with Crippen LogP contribution in [0.3, 0.4) is 0 Å². The molecule has 1 amide bonds. The summed E-state index contributed by atoms with van der Waals surface area (Å²) in [5.41, 5.74) is 3.30. The molecule has 10 heteroatoms. The number of hydrogen-bond donors (Lipinski definition) is 1. The van der Waals surface area contributed by atoms with Gasteiger partial charge in [-0.15, -0.1) is 0 Å². The number of ether oxygens (including phenoxy) is 2. The van der Waals surface area contributed by atoms with E-state index in [1.807, 2.05) is 35.7 Å². The van der Waals surface area contributed by atoms with Gasteiger partial charge in [-0.1, -0.05) is 48.2 Å². The van der Waals surface area contributed by atoms with E-state index < -0.39 is 10.8 Å². The molecule has 1 N–H and O–H groups in total. The summed E-state index contributed by atoms with van der Waals surface area (Å²) in [7, 11) is 1.51. The summed E-state index contributed by atoms with van der Waals surface area (Å²) in [6.07, 6.45) is 1.61. The monoisotopic (exact) mass is 512 g/mol. The van der Waals surface area contributed by atoms with Gasteiger partial charge in [-0.05, 0) is 47.0 Å². The lowest BCUT2D eigenvalue weighted by Crippen LogP contribution is -2.38. The number of thioether (sulfide) groups is 1. The summed E-state index contributed by atoms with van der Waals surface area (Å²) < 4.78 is 11.3. The van der Waals surface area contributed by atoms with Crippen molar-refractivity contribution in [2.24, 2.45) is 4.99 Å². The van der Waals surface area contributed by atoms with Gasteiger partial charge in [-0.3, -0.25) is 25.2 Å². The average molecular weight is 513 g/mol. The first kappa shape index (κ1) is 24.0. The van der Waals surface area contributed by atoms with Crippen LogP contribution in [0.25, 0.3) is 11.8 Å². The molecular weight excluding hydrogens is 492 g/mol. The Morgan fingerprint density at radius 2 is 1.84 bits per heavy atom. The van der Waals surface area contributed by atoms with Crippen LogP contribution in [0.4, 0.5) is 5.69 Å². The van der Waals surface area contributed by atoms with Gasteiger partial charge in [0.2, 0.25) is 0 Å². The van der Waals surface area contributed by atoms with Crippen molar-refractivity contribution in [3.05, 3.63) is 111 Å². The molecular formula is C27H20N4O5S. The van der Waals surface area contributed by atoms with Crippen molar-refractivity contribution in [2.75, 3.05) is 7.11 Å². The number of aliphatic imine (C=N–C) groups is 1. The summed E-state index contributed by atoms with van der Waals surface area (Å²) in [6, 6.07) is 20.9. The molecule has 0 spiro atoms. The zero-order valence-electron chi connectivity index (χ0n) is 19.6. The highest BCUT2D eigenvalue weighted by molar-refractivity contribution is 8.17. The quantitative estimate of drug-likeness (QED) is 0.253. The minimum Gasteiger partial charge on any atom is -0.493 e. The molecule has 0 aliphatic carbocycles. The lowest BCUT2D eigenvalue weighted by atomic mass is 10.1. The van der Waals surface area contributed by atoms with Crippen LogP contribution in [-0.2, 0) is 11.4 Å². The van der Waals surface area contributed by atoms with Crippen molar-refractivity contribution in [1.29, 1.82) is 5.41 Å². The highest BCUT2D eigenvalue weighted by atomic mass is 32.2. The van der Waals surface area contributed by atoms with Crippen LogP contribution >= 0.6 is 11.8 Å². The lowest BCUT2D eigenvalue weighted by Gasteiger charge is -2.27. The van der Waals surface area contributed by atoms with Gasteiger partial charge in [0, 0.05) is 17.5 Å². The maximum atomic E-state index is 12.8. The number of nitrogens with zero attached hydrogens (tertiary/aromatic N) is 3. The number of benzene rings is 3. The first-order chi connectivity index (χ1) is 17.9. The second-order valence-electron chi connectivity index (χ2n) is 8.05. The third-order valence-corrected chi connectivity index (χ3v) is 6.55. The minimum atomic E-state index is -0.482. The molecule has 0 radical (unpaired) electrons. The van der Waals surface area contributed by atoms with E-state index in [0.717, 1.165) is 16.8 Å². The van der Waals surface area contributed by atoms with E-state index in [2.05, 4.69) is 4.99 Å². The second kappa shape index (κ2) is 10.1. The molecule has 184 valence electrons. The minimum absolute atomic E-state index is 0.0110. The van der Waals surface area contributed by atoms with Gasteiger partial charge in [0.05, 0.1) is 23.3 Å². The Morgan fingerprint density at radius 3 is 2.54 bits per heavy atom. The fourth-order valence-electron chi connectivity index (χ4n) is 3.85. The molecule has 0 saturated heterocycles. The van der Waals surface area contributed by atoms with Crippen LogP contribution in [0.2, 0.25) is 0 Å². The number of amidine groups is 2. The van der Waals surface area contributed by atoms with Crippen molar-refractivity contribution in [1.82, 2.24) is 4.90 Å². The van der Waals surface area contributed by atoms with E-state index in [1.54, 1.807) is 41.3 Å². The van der Waals surface area contributed by atoms with Crippen LogP contribution in [0.15, 0.2) is 88.8 Å². The van der Waals surface area contributed by atoms with Crippen molar-refractivity contribution in [3.8, 4) is 11.5 Å². The van der Waals surface area contributed by atoms with Gasteiger partial charge in [0.25, 0.3) is 11.6 Å². The normalized spacial score (nSPS) is 15.8. The number of rotatable bonds is 7.